The van der Waals surface area contributed by atoms with E-state index in [1.165, 1.54) is 25.1 Å². The number of benzene rings is 1. The highest BCUT2D eigenvalue weighted by atomic mass is 19.1. The molecular formula is C13H12FNO3. The average molecular weight is 249 g/mol. The van der Waals surface area contributed by atoms with Gasteiger partial charge in [0.1, 0.15) is 11.6 Å². The van der Waals surface area contributed by atoms with Crippen LogP contribution in [0.3, 0.4) is 0 Å². The summed E-state index contributed by atoms with van der Waals surface area (Å²) in [6.45, 7) is 3.18. The van der Waals surface area contributed by atoms with Gasteiger partial charge in [0, 0.05) is 17.1 Å². The van der Waals surface area contributed by atoms with E-state index in [0.717, 1.165) is 0 Å². The summed E-state index contributed by atoms with van der Waals surface area (Å²) in [5.74, 6) is -1.16. The van der Waals surface area contributed by atoms with Crippen molar-refractivity contribution in [2.75, 3.05) is 0 Å². The minimum Gasteiger partial charge on any atom is -0.479 e. The second kappa shape index (κ2) is 4.60. The highest BCUT2D eigenvalue weighted by molar-refractivity contribution is 5.85. The zero-order chi connectivity index (χ0) is 13.3. The first kappa shape index (κ1) is 12.3. The molecule has 0 saturated heterocycles. The van der Waals surface area contributed by atoms with Crippen LogP contribution in [0.15, 0.2) is 24.3 Å². The molecule has 1 unspecified atom stereocenters. The van der Waals surface area contributed by atoms with Crippen LogP contribution in [0, 0.1) is 12.7 Å². The number of aryl methyl sites for hydroxylation is 1. The van der Waals surface area contributed by atoms with Crippen molar-refractivity contribution in [3.05, 3.63) is 35.8 Å². The fourth-order valence-electron chi connectivity index (χ4n) is 1.63. The number of aromatic nitrogens is 1. The zero-order valence-electron chi connectivity index (χ0n) is 9.98. The summed E-state index contributed by atoms with van der Waals surface area (Å²) in [7, 11) is 0. The van der Waals surface area contributed by atoms with E-state index < -0.39 is 17.9 Å². The number of carbonyl (C=O) groups is 1. The molecule has 1 atom stereocenters. The van der Waals surface area contributed by atoms with Crippen LogP contribution in [0.5, 0.6) is 5.75 Å². The van der Waals surface area contributed by atoms with E-state index in [0.29, 0.717) is 22.3 Å². The predicted molar refractivity (Wildman–Crippen MR) is 64.2 cm³/mol. The van der Waals surface area contributed by atoms with Crippen molar-refractivity contribution >= 4 is 16.9 Å². The Morgan fingerprint density at radius 1 is 1.44 bits per heavy atom. The molecule has 0 aliphatic carbocycles. The SMILES string of the molecule is Cc1cc(OC(C)C(=O)O)c2cc(F)ccc2n1. The largest absolute Gasteiger partial charge is 0.479 e. The van der Waals surface area contributed by atoms with Gasteiger partial charge in [0.2, 0.25) is 0 Å². The topological polar surface area (TPSA) is 59.4 Å². The molecule has 2 aromatic rings. The third-order valence-electron chi connectivity index (χ3n) is 2.51. The molecule has 18 heavy (non-hydrogen) atoms. The van der Waals surface area contributed by atoms with Gasteiger partial charge in [-0.3, -0.25) is 4.98 Å². The Labute approximate surface area is 103 Å². The van der Waals surface area contributed by atoms with Crippen LogP contribution in [-0.4, -0.2) is 22.2 Å². The van der Waals surface area contributed by atoms with Crippen molar-refractivity contribution < 1.29 is 19.0 Å². The van der Waals surface area contributed by atoms with Crippen LogP contribution >= 0.6 is 0 Å². The number of carboxylic acids is 1. The van der Waals surface area contributed by atoms with Gasteiger partial charge >= 0.3 is 5.97 Å². The monoisotopic (exact) mass is 249 g/mol. The summed E-state index contributed by atoms with van der Waals surface area (Å²) in [6, 6.07) is 5.72. The molecule has 1 heterocycles. The van der Waals surface area contributed by atoms with E-state index in [9.17, 15) is 9.18 Å². The minimum absolute atomic E-state index is 0.326. The van der Waals surface area contributed by atoms with Crippen molar-refractivity contribution in [2.45, 2.75) is 20.0 Å². The first-order valence-corrected chi connectivity index (χ1v) is 5.44. The Balaban J connectivity index is 2.54. The maximum Gasteiger partial charge on any atom is 0.344 e. The summed E-state index contributed by atoms with van der Waals surface area (Å²) in [5, 5.41) is 9.29. The second-order valence-electron chi connectivity index (χ2n) is 4.02. The summed E-state index contributed by atoms with van der Waals surface area (Å²) in [4.78, 5) is 15.0. The van der Waals surface area contributed by atoms with Gasteiger partial charge in [-0.15, -0.1) is 0 Å². The van der Waals surface area contributed by atoms with Crippen LogP contribution in [-0.2, 0) is 4.79 Å². The molecule has 0 aliphatic rings. The Kier molecular flexibility index (Phi) is 3.14. The maximum atomic E-state index is 13.2. The quantitative estimate of drug-likeness (QED) is 0.908. The van der Waals surface area contributed by atoms with E-state index >= 15 is 0 Å². The second-order valence-corrected chi connectivity index (χ2v) is 4.02. The highest BCUT2D eigenvalue weighted by Crippen LogP contribution is 2.27. The first-order valence-electron chi connectivity index (χ1n) is 5.44. The number of pyridine rings is 1. The highest BCUT2D eigenvalue weighted by Gasteiger charge is 2.15. The molecule has 94 valence electrons. The Bertz CT molecular complexity index is 612. The number of ether oxygens (including phenoxy) is 1. The molecule has 1 aromatic carbocycles. The molecule has 0 aliphatic heterocycles. The zero-order valence-corrected chi connectivity index (χ0v) is 9.98. The molecule has 0 radical (unpaired) electrons. The van der Waals surface area contributed by atoms with Crippen LogP contribution in [0.25, 0.3) is 10.9 Å². The van der Waals surface area contributed by atoms with Crippen LogP contribution in [0.1, 0.15) is 12.6 Å². The van der Waals surface area contributed by atoms with Gasteiger partial charge in [-0.1, -0.05) is 0 Å². The Hall–Kier alpha value is -2.17. The van der Waals surface area contributed by atoms with E-state index in [1.807, 2.05) is 0 Å². The van der Waals surface area contributed by atoms with Crippen LogP contribution in [0.2, 0.25) is 0 Å². The molecular weight excluding hydrogens is 237 g/mol. The molecule has 1 aromatic heterocycles. The van der Waals surface area contributed by atoms with E-state index in [-0.39, 0.29) is 0 Å². The minimum atomic E-state index is -1.07. The molecule has 2 rings (SSSR count). The Morgan fingerprint density at radius 2 is 2.17 bits per heavy atom. The number of hydrogen-bond donors (Lipinski definition) is 1. The van der Waals surface area contributed by atoms with Crippen LogP contribution in [0.4, 0.5) is 4.39 Å². The number of rotatable bonds is 3. The number of aliphatic carboxylic acids is 1. The number of nitrogens with zero attached hydrogens (tertiary/aromatic N) is 1. The lowest BCUT2D eigenvalue weighted by Gasteiger charge is -2.13. The van der Waals surface area contributed by atoms with Crippen LogP contribution < -0.4 is 4.74 Å². The molecule has 0 bridgehead atoms. The summed E-state index contributed by atoms with van der Waals surface area (Å²) >= 11 is 0. The normalized spacial score (nSPS) is 12.4. The van der Waals surface area contributed by atoms with Gasteiger partial charge in [0.05, 0.1) is 5.52 Å². The summed E-state index contributed by atoms with van der Waals surface area (Å²) < 4.78 is 18.5. The van der Waals surface area contributed by atoms with Gasteiger partial charge < -0.3 is 9.84 Å². The van der Waals surface area contributed by atoms with Gasteiger partial charge in [-0.2, -0.15) is 0 Å². The van der Waals surface area contributed by atoms with Gasteiger partial charge in [-0.05, 0) is 32.0 Å². The molecule has 1 N–H and O–H groups in total. The van der Waals surface area contributed by atoms with Gasteiger partial charge in [-0.25, -0.2) is 9.18 Å². The van der Waals surface area contributed by atoms with Crippen molar-refractivity contribution in [1.29, 1.82) is 0 Å². The standard InChI is InChI=1S/C13H12FNO3/c1-7-5-12(18-8(2)13(16)17)10-6-9(14)3-4-11(10)15-7/h3-6,8H,1-2H3,(H,16,17). The fraction of sp³-hybridized carbons (Fsp3) is 0.231. The van der Waals surface area contributed by atoms with E-state index in [1.54, 1.807) is 13.0 Å². The maximum absolute atomic E-state index is 13.2. The van der Waals surface area contributed by atoms with Crippen molar-refractivity contribution in [3.8, 4) is 5.75 Å². The third kappa shape index (κ3) is 2.40. The Morgan fingerprint density at radius 3 is 2.83 bits per heavy atom. The van der Waals surface area contributed by atoms with Crippen molar-refractivity contribution in [1.82, 2.24) is 4.98 Å². The third-order valence-corrected chi connectivity index (χ3v) is 2.51. The van der Waals surface area contributed by atoms with E-state index in [2.05, 4.69) is 4.98 Å². The van der Waals surface area contributed by atoms with Crippen molar-refractivity contribution in [2.24, 2.45) is 0 Å². The van der Waals surface area contributed by atoms with Gasteiger partial charge in [0.25, 0.3) is 0 Å². The molecule has 5 heteroatoms. The molecule has 0 spiro atoms. The smallest absolute Gasteiger partial charge is 0.344 e. The number of fused-ring (bicyclic) bond motifs is 1. The number of carboxylic acid groups (broad SMARTS) is 1. The number of hydrogen-bond acceptors (Lipinski definition) is 3. The molecule has 4 nitrogen and oxygen atoms in total. The molecule has 0 saturated carbocycles. The lowest BCUT2D eigenvalue weighted by Crippen LogP contribution is -2.23. The average Bonchev–Trinajstić information content (AvgIpc) is 2.29. The number of halogens is 1. The summed E-state index contributed by atoms with van der Waals surface area (Å²) in [5.41, 5.74) is 1.26. The lowest BCUT2D eigenvalue weighted by atomic mass is 10.2. The van der Waals surface area contributed by atoms with Gasteiger partial charge in [0.15, 0.2) is 6.10 Å². The van der Waals surface area contributed by atoms with E-state index in [4.69, 9.17) is 9.84 Å². The molecule has 0 amide bonds. The predicted octanol–water partition coefficient (Wildman–Crippen LogP) is 2.53. The first-order chi connectivity index (χ1) is 8.47. The lowest BCUT2D eigenvalue weighted by molar-refractivity contribution is -0.144. The molecule has 0 fully saturated rings. The summed E-state index contributed by atoms with van der Waals surface area (Å²) in [6.07, 6.45) is -1.00. The fourth-order valence-corrected chi connectivity index (χ4v) is 1.63. The van der Waals surface area contributed by atoms with Crippen molar-refractivity contribution in [3.63, 3.8) is 0 Å².